The number of carbonyl (C=O) groups excluding carboxylic acids is 1. The number of thiophene rings is 1. The minimum Gasteiger partial charge on any atom is -0.508 e. The minimum atomic E-state index is -0.343. The quantitative estimate of drug-likeness (QED) is 0.501. The molecule has 0 saturated carbocycles. The number of halogens is 1. The molecule has 33 heavy (non-hydrogen) atoms. The lowest BCUT2D eigenvalue weighted by molar-refractivity contribution is -0.132. The number of aromatic nitrogens is 2. The molecule has 7 nitrogen and oxygen atoms in total. The summed E-state index contributed by atoms with van der Waals surface area (Å²) in [5.74, 6) is -0.260. The number of benzene rings is 2. The lowest BCUT2D eigenvalue weighted by atomic mass is 10.1. The van der Waals surface area contributed by atoms with Crippen molar-refractivity contribution in [2.24, 2.45) is 0 Å². The van der Waals surface area contributed by atoms with E-state index in [-0.39, 0.29) is 29.6 Å². The highest BCUT2D eigenvalue weighted by Gasteiger charge is 2.22. The van der Waals surface area contributed by atoms with Gasteiger partial charge in [-0.15, -0.1) is 11.3 Å². The lowest BCUT2D eigenvalue weighted by Crippen LogP contribution is -2.50. The van der Waals surface area contributed by atoms with Crippen molar-refractivity contribution >= 4 is 33.1 Å². The summed E-state index contributed by atoms with van der Waals surface area (Å²) in [7, 11) is 0. The van der Waals surface area contributed by atoms with Crippen LogP contribution >= 0.6 is 11.3 Å². The first-order chi connectivity index (χ1) is 16.0. The summed E-state index contributed by atoms with van der Waals surface area (Å²) in [4.78, 5) is 35.0. The molecule has 0 spiro atoms. The van der Waals surface area contributed by atoms with E-state index in [9.17, 15) is 19.1 Å². The molecule has 1 saturated heterocycles. The van der Waals surface area contributed by atoms with Crippen LogP contribution in [-0.2, 0) is 11.3 Å². The minimum absolute atomic E-state index is 0.0836. The summed E-state index contributed by atoms with van der Waals surface area (Å²) >= 11 is 1.35. The Balaban J connectivity index is 1.32. The molecule has 168 valence electrons. The summed E-state index contributed by atoms with van der Waals surface area (Å²) in [5, 5.41) is 11.7. The van der Waals surface area contributed by atoms with Crippen LogP contribution in [0.25, 0.3) is 21.3 Å². The van der Waals surface area contributed by atoms with Crippen molar-refractivity contribution in [3.63, 3.8) is 0 Å². The van der Waals surface area contributed by atoms with Gasteiger partial charge in [0.2, 0.25) is 5.91 Å². The zero-order chi connectivity index (χ0) is 22.9. The zero-order valence-electron chi connectivity index (χ0n) is 17.6. The molecule has 4 aromatic rings. The van der Waals surface area contributed by atoms with Crippen LogP contribution in [0.15, 0.2) is 65.0 Å². The second kappa shape index (κ2) is 8.67. The molecule has 0 radical (unpaired) electrons. The van der Waals surface area contributed by atoms with Crippen molar-refractivity contribution in [1.82, 2.24) is 14.5 Å². The lowest BCUT2D eigenvalue weighted by Gasteiger charge is -2.36. The standard InChI is InChI=1S/C24H21FN4O3S/c25-17-3-1-16(2-4-17)20-14-33-23-22(20)24(32)29(15-26-23)13-21(31)28-11-9-27(10-12-28)18-5-7-19(30)8-6-18/h1-8,14-15,30H,9-13H2. The van der Waals surface area contributed by atoms with Gasteiger partial charge in [0.05, 0.1) is 11.7 Å². The van der Waals surface area contributed by atoms with Crippen molar-refractivity contribution in [3.05, 3.63) is 76.4 Å². The van der Waals surface area contributed by atoms with E-state index in [0.717, 1.165) is 11.3 Å². The van der Waals surface area contributed by atoms with E-state index >= 15 is 0 Å². The molecule has 1 N–H and O–H groups in total. The fourth-order valence-electron chi connectivity index (χ4n) is 4.05. The van der Waals surface area contributed by atoms with Gasteiger partial charge in [-0.1, -0.05) is 12.1 Å². The van der Waals surface area contributed by atoms with Gasteiger partial charge in [-0.05, 0) is 42.0 Å². The maximum Gasteiger partial charge on any atom is 0.263 e. The molecule has 0 bridgehead atoms. The first-order valence-corrected chi connectivity index (χ1v) is 11.4. The predicted molar refractivity (Wildman–Crippen MR) is 126 cm³/mol. The smallest absolute Gasteiger partial charge is 0.263 e. The maximum absolute atomic E-state index is 13.3. The zero-order valence-corrected chi connectivity index (χ0v) is 18.5. The Morgan fingerprint density at radius 3 is 2.42 bits per heavy atom. The van der Waals surface area contributed by atoms with Crippen LogP contribution in [0.5, 0.6) is 5.75 Å². The van der Waals surface area contributed by atoms with Crippen LogP contribution < -0.4 is 10.5 Å². The Morgan fingerprint density at radius 2 is 1.73 bits per heavy atom. The number of hydrogen-bond donors (Lipinski definition) is 1. The Labute approximate surface area is 193 Å². The summed E-state index contributed by atoms with van der Waals surface area (Å²) in [5.41, 5.74) is 2.14. The number of phenolic OH excluding ortho intramolecular Hbond substituents is 1. The van der Waals surface area contributed by atoms with Crippen LogP contribution in [0.1, 0.15) is 0 Å². The molecule has 1 amide bonds. The first-order valence-electron chi connectivity index (χ1n) is 10.5. The molecule has 3 heterocycles. The molecule has 2 aromatic heterocycles. The number of nitrogens with zero attached hydrogens (tertiary/aromatic N) is 4. The molecular weight excluding hydrogens is 443 g/mol. The van der Waals surface area contributed by atoms with E-state index < -0.39 is 0 Å². The monoisotopic (exact) mass is 464 g/mol. The normalized spacial score (nSPS) is 14.1. The van der Waals surface area contributed by atoms with E-state index in [4.69, 9.17) is 0 Å². The Hall–Kier alpha value is -3.72. The van der Waals surface area contributed by atoms with E-state index in [0.29, 0.717) is 42.0 Å². The molecule has 1 aliphatic rings. The van der Waals surface area contributed by atoms with Crippen LogP contribution in [-0.4, -0.2) is 51.6 Å². The second-order valence-corrected chi connectivity index (χ2v) is 8.76. The van der Waals surface area contributed by atoms with Crippen molar-refractivity contribution in [2.45, 2.75) is 6.54 Å². The molecule has 2 aromatic carbocycles. The number of hydrogen-bond acceptors (Lipinski definition) is 6. The van der Waals surface area contributed by atoms with E-state index in [1.165, 1.54) is 34.4 Å². The van der Waals surface area contributed by atoms with E-state index in [2.05, 4.69) is 9.88 Å². The number of rotatable bonds is 4. The van der Waals surface area contributed by atoms with Crippen molar-refractivity contribution in [3.8, 4) is 16.9 Å². The van der Waals surface area contributed by atoms with Gasteiger partial charge in [-0.2, -0.15) is 0 Å². The molecule has 5 rings (SSSR count). The Morgan fingerprint density at radius 1 is 1.03 bits per heavy atom. The average molecular weight is 465 g/mol. The van der Waals surface area contributed by atoms with Gasteiger partial charge in [-0.3, -0.25) is 14.2 Å². The number of anilines is 1. The molecule has 9 heteroatoms. The second-order valence-electron chi connectivity index (χ2n) is 7.90. The van der Waals surface area contributed by atoms with Crippen molar-refractivity contribution in [1.29, 1.82) is 0 Å². The third-order valence-corrected chi connectivity index (χ3v) is 6.76. The molecular formula is C24H21FN4O3S. The van der Waals surface area contributed by atoms with E-state index in [1.807, 2.05) is 17.5 Å². The third kappa shape index (κ3) is 4.19. The Bertz CT molecular complexity index is 1360. The average Bonchev–Trinajstić information content (AvgIpc) is 3.27. The van der Waals surface area contributed by atoms with Crippen LogP contribution in [0.3, 0.4) is 0 Å². The SMILES string of the molecule is O=C(Cn1cnc2scc(-c3ccc(F)cc3)c2c1=O)N1CCN(c2ccc(O)cc2)CC1. The maximum atomic E-state index is 13.3. The van der Waals surface area contributed by atoms with Gasteiger partial charge in [-0.25, -0.2) is 9.37 Å². The van der Waals surface area contributed by atoms with Crippen molar-refractivity contribution < 1.29 is 14.3 Å². The van der Waals surface area contributed by atoms with E-state index in [1.54, 1.807) is 29.2 Å². The summed E-state index contributed by atoms with van der Waals surface area (Å²) < 4.78 is 14.7. The highest BCUT2D eigenvalue weighted by Crippen LogP contribution is 2.30. The summed E-state index contributed by atoms with van der Waals surface area (Å²) in [6.45, 7) is 2.34. The third-order valence-electron chi connectivity index (χ3n) is 5.87. The van der Waals surface area contributed by atoms with Gasteiger partial charge in [0, 0.05) is 42.8 Å². The molecule has 0 aliphatic carbocycles. The number of aromatic hydroxyl groups is 1. The summed E-state index contributed by atoms with van der Waals surface area (Å²) in [6, 6.07) is 13.0. The van der Waals surface area contributed by atoms with Gasteiger partial charge in [0.25, 0.3) is 5.56 Å². The highest BCUT2D eigenvalue weighted by molar-refractivity contribution is 7.17. The number of amides is 1. The van der Waals surface area contributed by atoms with Gasteiger partial charge in [0.15, 0.2) is 0 Å². The molecule has 1 fully saturated rings. The molecule has 1 aliphatic heterocycles. The number of fused-ring (bicyclic) bond motifs is 1. The summed E-state index contributed by atoms with van der Waals surface area (Å²) in [6.07, 6.45) is 1.42. The van der Waals surface area contributed by atoms with Gasteiger partial charge < -0.3 is 14.9 Å². The van der Waals surface area contributed by atoms with Gasteiger partial charge >= 0.3 is 0 Å². The first kappa shape index (κ1) is 21.1. The van der Waals surface area contributed by atoms with Gasteiger partial charge in [0.1, 0.15) is 22.9 Å². The van der Waals surface area contributed by atoms with Crippen LogP contribution in [0.2, 0.25) is 0 Å². The topological polar surface area (TPSA) is 78.7 Å². The fraction of sp³-hybridized carbons (Fsp3) is 0.208. The van der Waals surface area contributed by atoms with Crippen molar-refractivity contribution in [2.75, 3.05) is 31.1 Å². The largest absolute Gasteiger partial charge is 0.508 e. The number of carbonyl (C=O) groups is 1. The highest BCUT2D eigenvalue weighted by atomic mass is 32.1. The predicted octanol–water partition coefficient (Wildman–Crippen LogP) is 3.32. The molecule has 0 unspecified atom stereocenters. The number of piperazine rings is 1. The Kier molecular flexibility index (Phi) is 5.55. The van der Waals surface area contributed by atoms with Crippen LogP contribution in [0.4, 0.5) is 10.1 Å². The fourth-order valence-corrected chi connectivity index (χ4v) is 4.95. The molecule has 0 atom stereocenters. The number of phenols is 1. The van der Waals surface area contributed by atoms with Crippen LogP contribution in [0, 0.1) is 5.82 Å².